The fraction of sp³-hybridized carbons (Fsp3) is 1.00. The van der Waals surface area contributed by atoms with Crippen molar-refractivity contribution in [1.82, 2.24) is 10.2 Å². The van der Waals surface area contributed by atoms with Gasteiger partial charge in [0.05, 0.1) is 0 Å². The second-order valence-electron chi connectivity index (χ2n) is 5.18. The summed E-state index contributed by atoms with van der Waals surface area (Å²) < 4.78 is 0. The van der Waals surface area contributed by atoms with E-state index in [1.807, 2.05) is 0 Å². The highest BCUT2D eigenvalue weighted by Crippen LogP contribution is 2.32. The molecule has 1 saturated carbocycles. The molecule has 1 atom stereocenters. The molecule has 0 aromatic rings. The molecule has 0 radical (unpaired) electrons. The van der Waals surface area contributed by atoms with Gasteiger partial charge < -0.3 is 10.2 Å². The first-order valence-electron chi connectivity index (χ1n) is 5.99. The SMILES string of the molecule is CNC(CN(C)CCC(C)C)C1CC1. The molecule has 1 aliphatic carbocycles. The first-order valence-corrected chi connectivity index (χ1v) is 5.99. The minimum absolute atomic E-state index is 0.729. The summed E-state index contributed by atoms with van der Waals surface area (Å²) in [5.74, 6) is 1.79. The molecule has 0 aromatic carbocycles. The van der Waals surface area contributed by atoms with E-state index in [4.69, 9.17) is 0 Å². The molecular formula is C12H26N2. The highest BCUT2D eigenvalue weighted by atomic mass is 15.1. The normalized spacial score (nSPS) is 19.3. The molecule has 1 aliphatic rings. The molecule has 0 spiro atoms. The number of rotatable bonds is 7. The number of nitrogens with one attached hydrogen (secondary N) is 1. The van der Waals surface area contributed by atoms with Crippen LogP contribution >= 0.6 is 0 Å². The zero-order valence-electron chi connectivity index (χ0n) is 10.2. The predicted molar refractivity (Wildman–Crippen MR) is 62.5 cm³/mol. The number of likely N-dealkylation sites (N-methyl/N-ethyl adjacent to an activating group) is 2. The van der Waals surface area contributed by atoms with Gasteiger partial charge in [0.2, 0.25) is 0 Å². The summed E-state index contributed by atoms with van der Waals surface area (Å²) in [6.07, 6.45) is 4.19. The molecule has 0 aliphatic heterocycles. The summed E-state index contributed by atoms with van der Waals surface area (Å²) in [6.45, 7) is 7.05. The maximum atomic E-state index is 3.44. The van der Waals surface area contributed by atoms with Gasteiger partial charge in [0, 0.05) is 12.6 Å². The van der Waals surface area contributed by atoms with E-state index >= 15 is 0 Å². The lowest BCUT2D eigenvalue weighted by molar-refractivity contribution is 0.266. The molecule has 84 valence electrons. The predicted octanol–water partition coefficient (Wildman–Crippen LogP) is 1.96. The lowest BCUT2D eigenvalue weighted by atomic mass is 10.1. The van der Waals surface area contributed by atoms with Crippen LogP contribution in [0.5, 0.6) is 0 Å². The van der Waals surface area contributed by atoms with Crippen molar-refractivity contribution < 1.29 is 0 Å². The van der Waals surface area contributed by atoms with Crippen LogP contribution < -0.4 is 5.32 Å². The first-order chi connectivity index (χ1) is 6.63. The van der Waals surface area contributed by atoms with Crippen LogP contribution in [0.25, 0.3) is 0 Å². The van der Waals surface area contributed by atoms with E-state index in [0.717, 1.165) is 17.9 Å². The Kier molecular flexibility index (Phi) is 4.90. The fourth-order valence-corrected chi connectivity index (χ4v) is 1.88. The summed E-state index contributed by atoms with van der Waals surface area (Å²) in [7, 11) is 4.34. The highest BCUT2D eigenvalue weighted by molar-refractivity contribution is 4.87. The van der Waals surface area contributed by atoms with Crippen LogP contribution in [0.2, 0.25) is 0 Å². The summed E-state index contributed by atoms with van der Waals surface area (Å²) in [4.78, 5) is 2.47. The Hall–Kier alpha value is -0.0800. The molecule has 1 unspecified atom stereocenters. The summed E-state index contributed by atoms with van der Waals surface area (Å²) >= 11 is 0. The topological polar surface area (TPSA) is 15.3 Å². The summed E-state index contributed by atoms with van der Waals surface area (Å²) in [5.41, 5.74) is 0. The van der Waals surface area contributed by atoms with E-state index < -0.39 is 0 Å². The third-order valence-electron chi connectivity index (χ3n) is 3.16. The van der Waals surface area contributed by atoms with E-state index in [2.05, 4.69) is 38.2 Å². The fourth-order valence-electron chi connectivity index (χ4n) is 1.88. The monoisotopic (exact) mass is 198 g/mol. The van der Waals surface area contributed by atoms with Crippen LogP contribution in [0.1, 0.15) is 33.1 Å². The molecule has 1 fully saturated rings. The van der Waals surface area contributed by atoms with E-state index in [9.17, 15) is 0 Å². The lowest BCUT2D eigenvalue weighted by Crippen LogP contribution is -2.39. The van der Waals surface area contributed by atoms with E-state index in [0.29, 0.717) is 0 Å². The Morgan fingerprint density at radius 3 is 2.43 bits per heavy atom. The van der Waals surface area contributed by atoms with Crippen molar-refractivity contribution >= 4 is 0 Å². The Morgan fingerprint density at radius 2 is 2.00 bits per heavy atom. The van der Waals surface area contributed by atoms with Gasteiger partial charge in [-0.15, -0.1) is 0 Å². The molecule has 1 rings (SSSR count). The van der Waals surface area contributed by atoms with Crippen molar-refractivity contribution in [3.05, 3.63) is 0 Å². The Morgan fingerprint density at radius 1 is 1.36 bits per heavy atom. The Bertz CT molecular complexity index is 152. The van der Waals surface area contributed by atoms with Gasteiger partial charge in [-0.1, -0.05) is 13.8 Å². The molecule has 0 saturated heterocycles. The van der Waals surface area contributed by atoms with Crippen LogP contribution in [0.4, 0.5) is 0 Å². The number of hydrogen-bond donors (Lipinski definition) is 1. The second kappa shape index (κ2) is 5.72. The molecule has 0 aromatic heterocycles. The molecule has 14 heavy (non-hydrogen) atoms. The van der Waals surface area contributed by atoms with Crippen LogP contribution in [0, 0.1) is 11.8 Å². The average Bonchev–Trinajstić information content (AvgIpc) is 2.94. The first kappa shape index (κ1) is 12.0. The number of hydrogen-bond acceptors (Lipinski definition) is 2. The van der Waals surface area contributed by atoms with Gasteiger partial charge in [-0.25, -0.2) is 0 Å². The van der Waals surface area contributed by atoms with Gasteiger partial charge >= 0.3 is 0 Å². The van der Waals surface area contributed by atoms with Gasteiger partial charge in [-0.3, -0.25) is 0 Å². The van der Waals surface area contributed by atoms with Gasteiger partial charge in [-0.2, -0.15) is 0 Å². The van der Waals surface area contributed by atoms with Crippen molar-refractivity contribution in [3.63, 3.8) is 0 Å². The van der Waals surface area contributed by atoms with Crippen molar-refractivity contribution in [2.24, 2.45) is 11.8 Å². The third kappa shape index (κ3) is 4.43. The Labute approximate surface area is 89.1 Å². The molecule has 2 heteroatoms. The average molecular weight is 198 g/mol. The molecule has 0 amide bonds. The minimum Gasteiger partial charge on any atom is -0.315 e. The van der Waals surface area contributed by atoms with Gasteiger partial charge in [-0.05, 0) is 51.7 Å². The van der Waals surface area contributed by atoms with E-state index in [1.54, 1.807) is 0 Å². The van der Waals surface area contributed by atoms with Gasteiger partial charge in [0.15, 0.2) is 0 Å². The van der Waals surface area contributed by atoms with Crippen LogP contribution in [0.3, 0.4) is 0 Å². The largest absolute Gasteiger partial charge is 0.315 e. The third-order valence-corrected chi connectivity index (χ3v) is 3.16. The molecule has 1 N–H and O–H groups in total. The highest BCUT2D eigenvalue weighted by Gasteiger charge is 2.30. The molecule has 2 nitrogen and oxygen atoms in total. The van der Waals surface area contributed by atoms with Gasteiger partial charge in [0.25, 0.3) is 0 Å². The minimum atomic E-state index is 0.729. The van der Waals surface area contributed by atoms with Crippen LogP contribution in [-0.4, -0.2) is 38.1 Å². The van der Waals surface area contributed by atoms with E-state index in [1.165, 1.54) is 32.4 Å². The number of nitrogens with zero attached hydrogens (tertiary/aromatic N) is 1. The van der Waals surface area contributed by atoms with Crippen molar-refractivity contribution in [2.45, 2.75) is 39.2 Å². The van der Waals surface area contributed by atoms with Crippen molar-refractivity contribution in [3.8, 4) is 0 Å². The van der Waals surface area contributed by atoms with E-state index in [-0.39, 0.29) is 0 Å². The van der Waals surface area contributed by atoms with Crippen molar-refractivity contribution in [2.75, 3.05) is 27.2 Å². The standard InChI is InChI=1S/C12H26N2/c1-10(2)7-8-14(4)9-12(13-3)11-5-6-11/h10-13H,5-9H2,1-4H3. The zero-order chi connectivity index (χ0) is 10.6. The quantitative estimate of drug-likeness (QED) is 0.673. The zero-order valence-corrected chi connectivity index (χ0v) is 10.2. The van der Waals surface area contributed by atoms with Crippen LogP contribution in [-0.2, 0) is 0 Å². The second-order valence-corrected chi connectivity index (χ2v) is 5.18. The molecule has 0 bridgehead atoms. The van der Waals surface area contributed by atoms with Gasteiger partial charge in [0.1, 0.15) is 0 Å². The van der Waals surface area contributed by atoms with Crippen LogP contribution in [0.15, 0.2) is 0 Å². The smallest absolute Gasteiger partial charge is 0.0220 e. The lowest BCUT2D eigenvalue weighted by Gasteiger charge is -2.24. The molecule has 0 heterocycles. The van der Waals surface area contributed by atoms with Crippen molar-refractivity contribution in [1.29, 1.82) is 0 Å². The molecular weight excluding hydrogens is 172 g/mol. The summed E-state index contributed by atoms with van der Waals surface area (Å²) in [5, 5.41) is 3.44. The maximum Gasteiger partial charge on any atom is 0.0220 e. The Balaban J connectivity index is 2.13. The maximum absolute atomic E-state index is 3.44. The summed E-state index contributed by atoms with van der Waals surface area (Å²) in [6, 6.07) is 0.729.